The second kappa shape index (κ2) is 13.6. The minimum atomic E-state index is -1.07. The molecule has 0 aliphatic carbocycles. The summed E-state index contributed by atoms with van der Waals surface area (Å²) in [5.74, 6) is -0.714. The maximum Gasteiger partial charge on any atom is 0.263 e. The van der Waals surface area contributed by atoms with Crippen LogP contribution in [0.3, 0.4) is 0 Å². The van der Waals surface area contributed by atoms with Crippen LogP contribution in [0.1, 0.15) is 52.4 Å². The van der Waals surface area contributed by atoms with Gasteiger partial charge in [-0.15, -0.1) is 11.8 Å². The Morgan fingerprint density at radius 1 is 0.923 bits per heavy atom. The molecule has 3 N–H and O–H groups in total. The van der Waals surface area contributed by atoms with E-state index in [2.05, 4.69) is 15.3 Å². The average molecular weight is 717 g/mol. The van der Waals surface area contributed by atoms with E-state index in [-0.39, 0.29) is 41.7 Å². The van der Waals surface area contributed by atoms with E-state index in [1.807, 2.05) is 59.3 Å². The summed E-state index contributed by atoms with van der Waals surface area (Å²) in [6, 6.07) is 20.7. The zero-order valence-corrected chi connectivity index (χ0v) is 28.5. The predicted octanol–water partition coefficient (Wildman–Crippen LogP) is 4.22. The number of amides is 5. The third kappa shape index (κ3) is 6.02. The summed E-state index contributed by atoms with van der Waals surface area (Å²) in [6.45, 7) is 0.937. The SMILES string of the molecule is Nc1ncnc2c1c(-c1ccc(Oc3ccccc3)cc1)nn2[C@@H]1CCCN(C(=O)CSc2cccc3c2C(=O)N(C2CCC(=O)NC2=O)C3=O)C1. The number of likely N-dealkylation sites (tertiary alicyclic amines) is 1. The van der Waals surface area contributed by atoms with E-state index in [0.717, 1.165) is 29.1 Å². The Bertz CT molecular complexity index is 2260. The average Bonchev–Trinajstić information content (AvgIpc) is 3.67. The standard InChI is InChI=1S/C37H32N8O6S/c38-33-31-32(21-11-13-24(14-12-21)51-23-7-2-1-3-8-23)42-45(34(31)40-20-39-33)22-6-5-17-43(18-22)29(47)19-52-27-10-4-9-25-30(27)37(50)44(36(25)49)26-15-16-28(46)41-35(26)48/h1-4,7-14,20,22,26H,5-6,15-19H2,(H2,38,39,40)(H,41,46,48)/t22-,26?/m1/s1. The van der Waals surface area contributed by atoms with E-state index >= 15 is 0 Å². The molecule has 8 rings (SSSR count). The number of nitrogen functional groups attached to an aromatic ring is 1. The van der Waals surface area contributed by atoms with Crippen LogP contribution in [0.5, 0.6) is 11.5 Å². The number of nitrogens with two attached hydrogens (primary N) is 1. The number of piperidine rings is 2. The van der Waals surface area contributed by atoms with Crippen LogP contribution in [-0.2, 0) is 14.4 Å². The van der Waals surface area contributed by atoms with Crippen molar-refractivity contribution in [2.45, 2.75) is 42.7 Å². The Morgan fingerprint density at radius 3 is 2.50 bits per heavy atom. The number of hydrogen-bond donors (Lipinski definition) is 2. The van der Waals surface area contributed by atoms with Crippen LogP contribution in [0.25, 0.3) is 22.3 Å². The maximum atomic E-state index is 13.7. The molecule has 5 aromatic rings. The van der Waals surface area contributed by atoms with Gasteiger partial charge in [0.15, 0.2) is 5.65 Å². The Balaban J connectivity index is 0.984. The topological polar surface area (TPSA) is 183 Å². The number of thioether (sulfide) groups is 1. The van der Waals surface area contributed by atoms with Gasteiger partial charge < -0.3 is 15.4 Å². The second-order valence-electron chi connectivity index (χ2n) is 12.7. The van der Waals surface area contributed by atoms with Crippen molar-refractivity contribution in [1.82, 2.24) is 34.9 Å². The lowest BCUT2D eigenvalue weighted by atomic mass is 10.0. The van der Waals surface area contributed by atoms with E-state index in [4.69, 9.17) is 15.6 Å². The van der Waals surface area contributed by atoms with Crippen LogP contribution in [-0.4, -0.2) is 84.0 Å². The molecular weight excluding hydrogens is 685 g/mol. The van der Waals surface area contributed by atoms with Crippen molar-refractivity contribution in [1.29, 1.82) is 0 Å². The highest BCUT2D eigenvalue weighted by Crippen LogP contribution is 2.37. The van der Waals surface area contributed by atoms with Gasteiger partial charge in [-0.2, -0.15) is 5.10 Å². The van der Waals surface area contributed by atoms with Gasteiger partial charge in [0.05, 0.1) is 28.3 Å². The van der Waals surface area contributed by atoms with Crippen molar-refractivity contribution in [3.8, 4) is 22.8 Å². The van der Waals surface area contributed by atoms with Crippen molar-refractivity contribution in [3.63, 3.8) is 0 Å². The van der Waals surface area contributed by atoms with Gasteiger partial charge in [-0.25, -0.2) is 14.6 Å². The van der Waals surface area contributed by atoms with Gasteiger partial charge in [0.25, 0.3) is 11.8 Å². The van der Waals surface area contributed by atoms with E-state index < -0.39 is 29.7 Å². The van der Waals surface area contributed by atoms with E-state index in [1.54, 1.807) is 17.0 Å². The van der Waals surface area contributed by atoms with Crippen molar-refractivity contribution in [3.05, 3.63) is 90.3 Å². The lowest BCUT2D eigenvalue weighted by Gasteiger charge is -2.33. The van der Waals surface area contributed by atoms with Gasteiger partial charge in [-0.1, -0.05) is 24.3 Å². The molecule has 0 bridgehead atoms. The summed E-state index contributed by atoms with van der Waals surface area (Å²) in [5, 5.41) is 7.82. The zero-order valence-electron chi connectivity index (χ0n) is 27.7. The number of carbonyl (C=O) groups excluding carboxylic acids is 5. The van der Waals surface area contributed by atoms with E-state index in [9.17, 15) is 24.0 Å². The highest BCUT2D eigenvalue weighted by atomic mass is 32.2. The normalized spacial score (nSPS) is 18.8. The molecule has 2 saturated heterocycles. The van der Waals surface area contributed by atoms with Crippen LogP contribution >= 0.6 is 11.8 Å². The summed E-state index contributed by atoms with van der Waals surface area (Å²) in [4.78, 5) is 76.6. The number of anilines is 1. The summed E-state index contributed by atoms with van der Waals surface area (Å²) in [6.07, 6.45) is 3.00. The van der Waals surface area contributed by atoms with Gasteiger partial charge >= 0.3 is 0 Å². The fraction of sp³-hybridized carbons (Fsp3) is 0.243. The van der Waals surface area contributed by atoms with Crippen molar-refractivity contribution >= 4 is 58.1 Å². The molecule has 3 aliphatic heterocycles. The van der Waals surface area contributed by atoms with Crippen LogP contribution in [0, 0.1) is 0 Å². The van der Waals surface area contributed by atoms with Gasteiger partial charge in [0, 0.05) is 30.0 Å². The highest BCUT2D eigenvalue weighted by molar-refractivity contribution is 8.00. The molecule has 0 saturated carbocycles. The fourth-order valence-electron chi connectivity index (χ4n) is 6.97. The Hall–Kier alpha value is -6.09. The monoisotopic (exact) mass is 716 g/mol. The van der Waals surface area contributed by atoms with Gasteiger partial charge in [-0.3, -0.25) is 34.2 Å². The second-order valence-corrected chi connectivity index (χ2v) is 13.8. The van der Waals surface area contributed by atoms with Crippen molar-refractivity contribution in [2.24, 2.45) is 0 Å². The molecule has 0 radical (unpaired) electrons. The third-order valence-electron chi connectivity index (χ3n) is 9.50. The first-order chi connectivity index (χ1) is 25.3. The number of para-hydroxylation sites is 1. The smallest absolute Gasteiger partial charge is 0.263 e. The van der Waals surface area contributed by atoms with Gasteiger partial charge in [0.1, 0.15) is 35.4 Å². The van der Waals surface area contributed by atoms with Crippen LogP contribution in [0.4, 0.5) is 5.82 Å². The minimum absolute atomic E-state index is 0.0285. The first-order valence-electron chi connectivity index (χ1n) is 16.8. The molecule has 52 heavy (non-hydrogen) atoms. The number of carbonyl (C=O) groups is 5. The fourth-order valence-corrected chi connectivity index (χ4v) is 7.95. The number of fused-ring (bicyclic) bond motifs is 2. The van der Waals surface area contributed by atoms with Crippen LogP contribution in [0.15, 0.2) is 84.0 Å². The molecule has 2 fully saturated rings. The number of rotatable bonds is 8. The molecule has 5 heterocycles. The minimum Gasteiger partial charge on any atom is -0.457 e. The van der Waals surface area contributed by atoms with Crippen LogP contribution < -0.4 is 15.8 Å². The molecule has 262 valence electrons. The van der Waals surface area contributed by atoms with Gasteiger partial charge in [-0.05, 0) is 67.8 Å². The predicted molar refractivity (Wildman–Crippen MR) is 190 cm³/mol. The lowest BCUT2D eigenvalue weighted by Crippen LogP contribution is -2.54. The number of nitrogens with zero attached hydrogens (tertiary/aromatic N) is 6. The first kappa shape index (κ1) is 33.1. The van der Waals surface area contributed by atoms with Crippen molar-refractivity contribution in [2.75, 3.05) is 24.6 Å². The highest BCUT2D eigenvalue weighted by Gasteiger charge is 2.45. The molecule has 1 unspecified atom stereocenters. The lowest BCUT2D eigenvalue weighted by molar-refractivity contribution is -0.136. The summed E-state index contributed by atoms with van der Waals surface area (Å²) in [5.41, 5.74) is 8.73. The molecular formula is C37H32N8O6S. The molecule has 14 nitrogen and oxygen atoms in total. The van der Waals surface area contributed by atoms with Crippen LogP contribution in [0.2, 0.25) is 0 Å². The Kier molecular flexibility index (Phi) is 8.63. The third-order valence-corrected chi connectivity index (χ3v) is 10.5. The summed E-state index contributed by atoms with van der Waals surface area (Å²) < 4.78 is 7.79. The Labute approximate surface area is 301 Å². The number of hydrogen-bond acceptors (Lipinski definition) is 11. The molecule has 3 aliphatic rings. The molecule has 15 heteroatoms. The number of nitrogens with one attached hydrogen (secondary N) is 1. The molecule has 2 atom stereocenters. The summed E-state index contributed by atoms with van der Waals surface area (Å²) >= 11 is 1.17. The first-order valence-corrected chi connectivity index (χ1v) is 17.8. The molecule has 3 aromatic carbocycles. The zero-order chi connectivity index (χ0) is 35.9. The maximum absolute atomic E-state index is 13.7. The Morgan fingerprint density at radius 2 is 1.71 bits per heavy atom. The number of ether oxygens (including phenoxy) is 1. The van der Waals surface area contributed by atoms with E-state index in [0.29, 0.717) is 46.3 Å². The quantitative estimate of drug-likeness (QED) is 0.173. The largest absolute Gasteiger partial charge is 0.457 e. The van der Waals surface area contributed by atoms with Gasteiger partial charge in [0.2, 0.25) is 17.7 Å². The number of aromatic nitrogens is 4. The summed E-state index contributed by atoms with van der Waals surface area (Å²) in [7, 11) is 0. The molecule has 2 aromatic heterocycles. The molecule has 0 spiro atoms. The van der Waals surface area contributed by atoms with E-state index in [1.165, 1.54) is 24.2 Å². The number of imide groups is 2. The number of benzene rings is 3. The molecule has 5 amide bonds. The van der Waals surface area contributed by atoms with Crippen molar-refractivity contribution < 1.29 is 28.7 Å².